The van der Waals surface area contributed by atoms with Gasteiger partial charge in [-0.25, -0.2) is 8.42 Å². The lowest BCUT2D eigenvalue weighted by molar-refractivity contribution is 0.417. The molecule has 0 spiro atoms. The first-order valence-corrected chi connectivity index (χ1v) is 8.05. The maximum atomic E-state index is 12.5. The molecule has 0 aliphatic heterocycles. The summed E-state index contributed by atoms with van der Waals surface area (Å²) in [6.45, 7) is 5.56. The van der Waals surface area contributed by atoms with Gasteiger partial charge >= 0.3 is 0 Å². The Morgan fingerprint density at radius 3 is 2.52 bits per heavy atom. The predicted molar refractivity (Wildman–Crippen MR) is 81.2 cm³/mol. The van der Waals surface area contributed by atoms with Crippen molar-refractivity contribution in [1.82, 2.24) is 9.78 Å². The number of aromatic nitrogens is 2. The zero-order valence-electron chi connectivity index (χ0n) is 12.5. The monoisotopic (exact) mass is 309 g/mol. The number of anilines is 1. The summed E-state index contributed by atoms with van der Waals surface area (Å²) in [5, 5.41) is 4.23. The average Bonchev–Trinajstić information content (AvgIpc) is 2.82. The third-order valence-corrected chi connectivity index (χ3v) is 4.51. The number of hydrogen-bond donors (Lipinski definition) is 1. The van der Waals surface area contributed by atoms with Crippen LogP contribution in [-0.2, 0) is 10.0 Å². The lowest BCUT2D eigenvalue weighted by atomic mass is 10.3. The molecule has 6 nitrogen and oxygen atoms in total. The van der Waals surface area contributed by atoms with Gasteiger partial charge in [0.1, 0.15) is 10.6 Å². The Kier molecular flexibility index (Phi) is 4.22. The fraction of sp³-hybridized carbons (Fsp3) is 0.357. The Labute approximate surface area is 124 Å². The maximum absolute atomic E-state index is 12.5. The van der Waals surface area contributed by atoms with Crippen LogP contribution in [0.25, 0.3) is 0 Å². The Hall–Kier alpha value is -2.02. The Morgan fingerprint density at radius 1 is 1.29 bits per heavy atom. The van der Waals surface area contributed by atoms with Gasteiger partial charge in [0.2, 0.25) is 0 Å². The third-order valence-electron chi connectivity index (χ3n) is 3.04. The van der Waals surface area contributed by atoms with Crippen LogP contribution in [0.1, 0.15) is 25.6 Å². The van der Waals surface area contributed by atoms with Crippen LogP contribution < -0.4 is 9.46 Å². The molecule has 0 bridgehead atoms. The third kappa shape index (κ3) is 3.18. The second-order valence-electron chi connectivity index (χ2n) is 4.96. The zero-order chi connectivity index (χ0) is 15.6. The molecule has 1 aromatic heterocycles. The van der Waals surface area contributed by atoms with Crippen molar-refractivity contribution in [2.24, 2.45) is 0 Å². The van der Waals surface area contributed by atoms with Gasteiger partial charge in [-0.3, -0.25) is 9.40 Å². The van der Waals surface area contributed by atoms with E-state index in [1.54, 1.807) is 35.9 Å². The van der Waals surface area contributed by atoms with E-state index in [-0.39, 0.29) is 10.9 Å². The van der Waals surface area contributed by atoms with Gasteiger partial charge in [0, 0.05) is 12.2 Å². The van der Waals surface area contributed by atoms with Crippen molar-refractivity contribution in [2.45, 2.75) is 31.7 Å². The van der Waals surface area contributed by atoms with Crippen LogP contribution in [0, 0.1) is 6.92 Å². The van der Waals surface area contributed by atoms with E-state index in [4.69, 9.17) is 4.74 Å². The van der Waals surface area contributed by atoms with Gasteiger partial charge in [-0.2, -0.15) is 5.10 Å². The molecule has 2 rings (SSSR count). The number of sulfonamides is 1. The minimum absolute atomic E-state index is 0.0962. The summed E-state index contributed by atoms with van der Waals surface area (Å²) in [6.07, 6.45) is 1.54. The van der Waals surface area contributed by atoms with Crippen LogP contribution >= 0.6 is 0 Å². The van der Waals surface area contributed by atoms with Crippen molar-refractivity contribution in [3.05, 3.63) is 36.2 Å². The molecule has 0 amide bonds. The second-order valence-corrected chi connectivity index (χ2v) is 6.61. The van der Waals surface area contributed by atoms with Crippen LogP contribution in [-0.4, -0.2) is 25.3 Å². The number of ether oxygens (including phenoxy) is 1. The lowest BCUT2D eigenvalue weighted by Gasteiger charge is -2.10. The van der Waals surface area contributed by atoms with E-state index in [0.717, 1.165) is 0 Å². The second kappa shape index (κ2) is 5.77. The highest BCUT2D eigenvalue weighted by atomic mass is 32.2. The molecule has 21 heavy (non-hydrogen) atoms. The molecule has 0 atom stereocenters. The SMILES string of the molecule is COc1ccccc1NS(=O)(=O)c1cn(C(C)C)nc1C. The number of para-hydroxylation sites is 2. The number of nitrogens with one attached hydrogen (secondary N) is 1. The number of hydrogen-bond acceptors (Lipinski definition) is 4. The van der Waals surface area contributed by atoms with Gasteiger partial charge in [-0.05, 0) is 32.9 Å². The van der Waals surface area contributed by atoms with E-state index in [9.17, 15) is 8.42 Å². The van der Waals surface area contributed by atoms with Gasteiger partial charge in [0.05, 0.1) is 18.5 Å². The standard InChI is InChI=1S/C14H19N3O3S/c1-10(2)17-9-14(11(3)15-17)21(18,19)16-12-7-5-6-8-13(12)20-4/h5-10,16H,1-4H3. The van der Waals surface area contributed by atoms with Gasteiger partial charge < -0.3 is 4.74 Å². The summed E-state index contributed by atoms with van der Waals surface area (Å²) in [5.41, 5.74) is 0.864. The fourth-order valence-electron chi connectivity index (χ4n) is 1.92. The number of aryl methyl sites for hydroxylation is 1. The van der Waals surface area contributed by atoms with E-state index in [1.165, 1.54) is 13.3 Å². The molecule has 1 aromatic carbocycles. The zero-order valence-corrected chi connectivity index (χ0v) is 13.3. The molecule has 0 unspecified atom stereocenters. The minimum Gasteiger partial charge on any atom is -0.495 e. The minimum atomic E-state index is -3.70. The molecule has 1 heterocycles. The van der Waals surface area contributed by atoms with Crippen LogP contribution in [0.15, 0.2) is 35.4 Å². The summed E-state index contributed by atoms with van der Waals surface area (Å²) in [6, 6.07) is 6.96. The number of nitrogens with zero attached hydrogens (tertiary/aromatic N) is 2. The Bertz CT molecular complexity index is 736. The van der Waals surface area contributed by atoms with Crippen molar-refractivity contribution < 1.29 is 13.2 Å². The van der Waals surface area contributed by atoms with Gasteiger partial charge in [0.15, 0.2) is 0 Å². The smallest absolute Gasteiger partial charge is 0.265 e. The summed E-state index contributed by atoms with van der Waals surface area (Å²) in [7, 11) is -2.21. The maximum Gasteiger partial charge on any atom is 0.265 e. The van der Waals surface area contributed by atoms with Crippen molar-refractivity contribution in [2.75, 3.05) is 11.8 Å². The van der Waals surface area contributed by atoms with E-state index in [1.807, 2.05) is 13.8 Å². The molecule has 0 radical (unpaired) electrons. The molecule has 0 saturated carbocycles. The fourth-order valence-corrected chi connectivity index (χ4v) is 3.17. The van der Waals surface area contributed by atoms with E-state index >= 15 is 0 Å². The van der Waals surface area contributed by atoms with Gasteiger partial charge in [0.25, 0.3) is 10.0 Å². The topological polar surface area (TPSA) is 73.2 Å². The molecule has 2 aromatic rings. The van der Waals surface area contributed by atoms with E-state index in [2.05, 4.69) is 9.82 Å². The van der Waals surface area contributed by atoms with Crippen molar-refractivity contribution in [3.63, 3.8) is 0 Å². The first kappa shape index (κ1) is 15.4. The highest BCUT2D eigenvalue weighted by molar-refractivity contribution is 7.92. The Balaban J connectivity index is 2.39. The van der Waals surface area contributed by atoms with Crippen LogP contribution in [0.2, 0.25) is 0 Å². The molecule has 114 valence electrons. The van der Waals surface area contributed by atoms with Crippen LogP contribution in [0.3, 0.4) is 0 Å². The quantitative estimate of drug-likeness (QED) is 0.921. The molecular weight excluding hydrogens is 290 g/mol. The van der Waals surface area contributed by atoms with E-state index < -0.39 is 10.0 Å². The van der Waals surface area contributed by atoms with Crippen molar-refractivity contribution in [3.8, 4) is 5.75 Å². The molecule has 0 aliphatic carbocycles. The van der Waals surface area contributed by atoms with Crippen LogP contribution in [0.5, 0.6) is 5.75 Å². The van der Waals surface area contributed by atoms with Gasteiger partial charge in [-0.15, -0.1) is 0 Å². The summed E-state index contributed by atoms with van der Waals surface area (Å²) in [5.74, 6) is 0.468. The van der Waals surface area contributed by atoms with Crippen molar-refractivity contribution >= 4 is 15.7 Å². The molecule has 7 heteroatoms. The van der Waals surface area contributed by atoms with Crippen molar-refractivity contribution in [1.29, 1.82) is 0 Å². The van der Waals surface area contributed by atoms with E-state index in [0.29, 0.717) is 17.1 Å². The lowest BCUT2D eigenvalue weighted by Crippen LogP contribution is -2.14. The number of rotatable bonds is 5. The Morgan fingerprint density at radius 2 is 1.95 bits per heavy atom. The molecule has 0 saturated heterocycles. The first-order chi connectivity index (χ1) is 9.85. The van der Waals surface area contributed by atoms with Crippen LogP contribution in [0.4, 0.5) is 5.69 Å². The first-order valence-electron chi connectivity index (χ1n) is 6.56. The van der Waals surface area contributed by atoms with Gasteiger partial charge in [-0.1, -0.05) is 12.1 Å². The molecular formula is C14H19N3O3S. The average molecular weight is 309 g/mol. The number of benzene rings is 1. The normalized spacial score (nSPS) is 11.7. The largest absolute Gasteiger partial charge is 0.495 e. The highest BCUT2D eigenvalue weighted by Gasteiger charge is 2.22. The molecule has 0 aliphatic rings. The summed E-state index contributed by atoms with van der Waals surface area (Å²) >= 11 is 0. The molecule has 0 fully saturated rings. The predicted octanol–water partition coefficient (Wildman–Crippen LogP) is 2.58. The summed E-state index contributed by atoms with van der Waals surface area (Å²) < 4.78 is 34.3. The number of methoxy groups -OCH3 is 1. The molecule has 1 N–H and O–H groups in total. The highest BCUT2D eigenvalue weighted by Crippen LogP contribution is 2.27. The summed E-state index contributed by atoms with van der Waals surface area (Å²) in [4.78, 5) is 0.169.